The second kappa shape index (κ2) is 13.9. The van der Waals surface area contributed by atoms with Gasteiger partial charge in [-0.3, -0.25) is 0 Å². The maximum Gasteiger partial charge on any atom is 0.335 e. The summed E-state index contributed by atoms with van der Waals surface area (Å²) >= 11 is 0. The van der Waals surface area contributed by atoms with Crippen molar-refractivity contribution >= 4 is 69.2 Å². The molecule has 0 aromatic heterocycles. The summed E-state index contributed by atoms with van der Waals surface area (Å²) in [5.74, 6) is -1.88. The molecule has 59 heavy (non-hydrogen) atoms. The second-order valence-corrected chi connectivity index (χ2v) is 17.7. The zero-order valence-electron chi connectivity index (χ0n) is 34.1. The van der Waals surface area contributed by atoms with E-state index in [0.717, 1.165) is 56.4 Å². The van der Waals surface area contributed by atoms with E-state index in [1.165, 1.54) is 27.5 Å². The smallest absolute Gasteiger partial charge is 0.335 e. The van der Waals surface area contributed by atoms with E-state index in [9.17, 15) is 19.8 Å². The van der Waals surface area contributed by atoms with Gasteiger partial charge in [0.2, 0.25) is 0 Å². The minimum absolute atomic E-state index is 0.0256. The fraction of sp³-hybridized carbons (Fsp3) is 0.154. The van der Waals surface area contributed by atoms with Crippen molar-refractivity contribution in [2.75, 3.05) is 9.80 Å². The summed E-state index contributed by atoms with van der Waals surface area (Å²) in [6.07, 6.45) is 0. The summed E-state index contributed by atoms with van der Waals surface area (Å²) in [6, 6.07) is 51.8. The molecule has 0 bridgehead atoms. The van der Waals surface area contributed by atoms with Crippen LogP contribution in [0.5, 0.6) is 0 Å². The zero-order valence-corrected chi connectivity index (χ0v) is 34.1. The van der Waals surface area contributed by atoms with Gasteiger partial charge in [0.15, 0.2) is 0 Å². The fourth-order valence-corrected chi connectivity index (χ4v) is 8.65. The molecule has 290 valence electrons. The van der Waals surface area contributed by atoms with Gasteiger partial charge in [0.05, 0.1) is 11.1 Å². The molecule has 9 rings (SSSR count). The van der Waals surface area contributed by atoms with E-state index in [-0.39, 0.29) is 28.7 Å². The quantitative estimate of drug-likeness (QED) is 0.164. The Balaban J connectivity index is 1.23. The van der Waals surface area contributed by atoms with Gasteiger partial charge in [-0.25, -0.2) is 9.59 Å². The summed E-state index contributed by atoms with van der Waals surface area (Å²) in [6.45, 7) is 13.6. The number of rotatable bonds is 6. The number of fused-ring (bicyclic) bond motifs is 4. The van der Waals surface area contributed by atoms with Gasteiger partial charge >= 0.3 is 11.9 Å². The molecule has 2 aliphatic heterocycles. The summed E-state index contributed by atoms with van der Waals surface area (Å²) < 4.78 is 0. The molecule has 2 N–H and O–H groups in total. The van der Waals surface area contributed by atoms with E-state index in [1.807, 2.05) is 24.3 Å². The lowest BCUT2D eigenvalue weighted by molar-refractivity contribution is 0.0686. The summed E-state index contributed by atoms with van der Waals surface area (Å²) in [5.41, 5.74) is 17.2. The predicted octanol–water partition coefficient (Wildman–Crippen LogP) is 11.1. The Hall–Kier alpha value is -6.86. The van der Waals surface area contributed by atoms with E-state index in [2.05, 4.69) is 154 Å². The van der Waals surface area contributed by atoms with Crippen molar-refractivity contribution in [1.29, 1.82) is 0 Å². The first kappa shape index (κ1) is 37.7. The fourth-order valence-electron chi connectivity index (χ4n) is 8.65. The van der Waals surface area contributed by atoms with Crippen molar-refractivity contribution in [3.05, 3.63) is 174 Å². The van der Waals surface area contributed by atoms with Crippen LogP contribution in [0.25, 0.3) is 22.3 Å². The monoisotopic (exact) mass is 772 g/mol. The number of carbonyl (C=O) groups is 2. The second-order valence-electron chi connectivity index (χ2n) is 17.7. The molecule has 7 aromatic rings. The van der Waals surface area contributed by atoms with Crippen LogP contribution in [0.4, 0.5) is 34.1 Å². The molecule has 7 heteroatoms. The van der Waals surface area contributed by atoms with E-state index in [0.29, 0.717) is 0 Å². The predicted molar refractivity (Wildman–Crippen MR) is 243 cm³/mol. The third-order valence-corrected chi connectivity index (χ3v) is 11.9. The third-order valence-electron chi connectivity index (χ3n) is 11.9. The molecular formula is C52H45BN2O4. The maximum atomic E-state index is 11.5. The standard InChI is InChI=1S/C52H45BN2O4/c1-51(2,3)38-22-28-44-42(30-38)53-43-31-39(52(4,5)6)23-29-45(43)55(41-26-20-35(21-27-41)33-12-16-37(17-13-33)50(58)59)47-9-7-8-46(48(47)53)54(44)40-24-18-34(19-25-40)32-10-14-36(15-11-32)49(56)57/h7-31H,1-6H3,(H,56,57)(H,58,59). The Morgan fingerprint density at radius 3 is 1.10 bits per heavy atom. The molecule has 0 spiro atoms. The topological polar surface area (TPSA) is 81.1 Å². The highest BCUT2D eigenvalue weighted by Crippen LogP contribution is 2.45. The van der Waals surface area contributed by atoms with Crippen LogP contribution in [-0.4, -0.2) is 28.9 Å². The van der Waals surface area contributed by atoms with Crippen molar-refractivity contribution < 1.29 is 19.8 Å². The van der Waals surface area contributed by atoms with Gasteiger partial charge in [0, 0.05) is 34.1 Å². The molecule has 0 radical (unpaired) electrons. The largest absolute Gasteiger partial charge is 0.478 e. The van der Waals surface area contributed by atoms with Crippen LogP contribution in [0.15, 0.2) is 152 Å². The Morgan fingerprint density at radius 1 is 0.441 bits per heavy atom. The van der Waals surface area contributed by atoms with Crippen molar-refractivity contribution in [3.8, 4) is 22.3 Å². The molecule has 6 nitrogen and oxygen atoms in total. The molecule has 0 amide bonds. The molecule has 0 aliphatic carbocycles. The van der Waals surface area contributed by atoms with Crippen LogP contribution < -0.4 is 26.2 Å². The summed E-state index contributed by atoms with van der Waals surface area (Å²) in [5, 5.41) is 18.9. The van der Waals surface area contributed by atoms with Crippen LogP contribution in [0.3, 0.4) is 0 Å². The lowest BCUT2D eigenvalue weighted by Crippen LogP contribution is -2.61. The van der Waals surface area contributed by atoms with Gasteiger partial charge in [-0.05, 0) is 133 Å². The number of hydrogen-bond acceptors (Lipinski definition) is 4. The molecule has 7 aromatic carbocycles. The van der Waals surface area contributed by atoms with Gasteiger partial charge in [0.25, 0.3) is 6.71 Å². The number of carboxylic acid groups (broad SMARTS) is 2. The number of carboxylic acids is 2. The minimum atomic E-state index is -0.938. The number of benzene rings is 7. The van der Waals surface area contributed by atoms with E-state index < -0.39 is 11.9 Å². The van der Waals surface area contributed by atoms with E-state index in [4.69, 9.17) is 0 Å². The first-order valence-corrected chi connectivity index (χ1v) is 20.1. The Bertz CT molecular complexity index is 2590. The van der Waals surface area contributed by atoms with E-state index in [1.54, 1.807) is 24.3 Å². The molecule has 2 heterocycles. The third kappa shape index (κ3) is 6.57. The van der Waals surface area contributed by atoms with Crippen LogP contribution in [0.2, 0.25) is 0 Å². The molecule has 0 fully saturated rings. The number of anilines is 6. The first-order chi connectivity index (χ1) is 28.2. The van der Waals surface area contributed by atoms with Crippen LogP contribution in [-0.2, 0) is 10.8 Å². The van der Waals surface area contributed by atoms with E-state index >= 15 is 0 Å². The zero-order chi connectivity index (χ0) is 41.4. The van der Waals surface area contributed by atoms with Crippen LogP contribution in [0.1, 0.15) is 73.4 Å². The summed E-state index contributed by atoms with van der Waals surface area (Å²) in [7, 11) is 0. The lowest BCUT2D eigenvalue weighted by Gasteiger charge is -2.44. The highest BCUT2D eigenvalue weighted by atomic mass is 16.4. The van der Waals surface area contributed by atoms with Crippen molar-refractivity contribution in [1.82, 2.24) is 0 Å². The maximum absolute atomic E-state index is 11.5. The Kier molecular flexibility index (Phi) is 8.89. The van der Waals surface area contributed by atoms with Gasteiger partial charge in [0.1, 0.15) is 0 Å². The highest BCUT2D eigenvalue weighted by molar-refractivity contribution is 7.00. The van der Waals surface area contributed by atoms with Crippen LogP contribution >= 0.6 is 0 Å². The Morgan fingerprint density at radius 2 is 0.780 bits per heavy atom. The molecular weight excluding hydrogens is 727 g/mol. The molecule has 0 atom stereocenters. The molecule has 2 aliphatic rings. The van der Waals surface area contributed by atoms with Gasteiger partial charge in [-0.2, -0.15) is 0 Å². The SMILES string of the molecule is CC(C)(C)c1ccc2c(c1)B1c3cc(C(C)(C)C)ccc3N(c3ccc(-c4ccc(C(=O)O)cc4)cc3)c3cccc(c31)N2c1ccc(-c2ccc(C(=O)O)cc2)cc1. The average molecular weight is 773 g/mol. The summed E-state index contributed by atoms with van der Waals surface area (Å²) in [4.78, 5) is 27.8. The normalized spacial score (nSPS) is 13.1. The average Bonchev–Trinajstić information content (AvgIpc) is 3.23. The number of hydrogen-bond donors (Lipinski definition) is 2. The molecule has 0 saturated heterocycles. The highest BCUT2D eigenvalue weighted by Gasteiger charge is 2.44. The van der Waals surface area contributed by atoms with Gasteiger partial charge in [-0.15, -0.1) is 0 Å². The lowest BCUT2D eigenvalue weighted by atomic mass is 9.33. The number of nitrogens with zero attached hydrogens (tertiary/aromatic N) is 2. The van der Waals surface area contributed by atoms with Crippen molar-refractivity contribution in [2.45, 2.75) is 52.4 Å². The number of aromatic carboxylic acids is 2. The minimum Gasteiger partial charge on any atom is -0.478 e. The van der Waals surface area contributed by atoms with Crippen molar-refractivity contribution in [3.63, 3.8) is 0 Å². The van der Waals surface area contributed by atoms with Crippen LogP contribution in [0, 0.1) is 0 Å². The molecule has 0 saturated carbocycles. The van der Waals surface area contributed by atoms with Gasteiger partial charge in [-0.1, -0.05) is 120 Å². The van der Waals surface area contributed by atoms with Gasteiger partial charge < -0.3 is 20.0 Å². The Labute approximate surface area is 346 Å². The molecule has 0 unspecified atom stereocenters. The first-order valence-electron chi connectivity index (χ1n) is 20.1. The van der Waals surface area contributed by atoms with Crippen molar-refractivity contribution in [2.24, 2.45) is 0 Å².